The number of hydrogen-bond donors (Lipinski definition) is 3. The fourth-order valence-electron chi connectivity index (χ4n) is 2.32. The number of amides is 3. The maximum atomic E-state index is 12.2. The van der Waals surface area contributed by atoms with Crippen molar-refractivity contribution in [3.05, 3.63) is 48.0 Å². The SMILES string of the molecule is O=C(NO)c1cn2c(n1)CN(C(=O)Nc1ccccc1)CC2. The van der Waals surface area contributed by atoms with Crippen LogP contribution in [-0.4, -0.2) is 38.1 Å². The first-order valence-electron chi connectivity index (χ1n) is 6.79. The monoisotopic (exact) mass is 301 g/mol. The molecule has 3 N–H and O–H groups in total. The van der Waals surface area contributed by atoms with Crippen LogP contribution in [0.4, 0.5) is 10.5 Å². The van der Waals surface area contributed by atoms with Crippen LogP contribution in [0, 0.1) is 0 Å². The molecule has 0 radical (unpaired) electrons. The van der Waals surface area contributed by atoms with E-state index in [1.807, 2.05) is 30.3 Å². The smallest absolute Gasteiger partial charge is 0.322 e. The van der Waals surface area contributed by atoms with E-state index in [2.05, 4.69) is 10.3 Å². The predicted molar refractivity (Wildman–Crippen MR) is 77.4 cm³/mol. The molecule has 0 unspecified atom stereocenters. The third-order valence-electron chi connectivity index (χ3n) is 3.45. The number of urea groups is 1. The lowest BCUT2D eigenvalue weighted by atomic mass is 10.3. The van der Waals surface area contributed by atoms with E-state index in [-0.39, 0.29) is 11.7 Å². The molecule has 0 fully saturated rings. The number of hydroxylamine groups is 1. The normalized spacial score (nSPS) is 13.4. The number of nitrogens with one attached hydrogen (secondary N) is 2. The van der Waals surface area contributed by atoms with Crippen LogP contribution < -0.4 is 10.8 Å². The summed E-state index contributed by atoms with van der Waals surface area (Å²) in [6.07, 6.45) is 1.56. The van der Waals surface area contributed by atoms with Crippen molar-refractivity contribution in [2.24, 2.45) is 0 Å². The first-order valence-corrected chi connectivity index (χ1v) is 6.79. The minimum Gasteiger partial charge on any atom is -0.331 e. The van der Waals surface area contributed by atoms with Crippen LogP contribution in [0.5, 0.6) is 0 Å². The predicted octanol–water partition coefficient (Wildman–Crippen LogP) is 1.05. The molecule has 114 valence electrons. The van der Waals surface area contributed by atoms with Crippen LogP contribution in [0.1, 0.15) is 16.3 Å². The molecule has 8 heteroatoms. The van der Waals surface area contributed by atoms with Gasteiger partial charge in [-0.15, -0.1) is 0 Å². The Morgan fingerprint density at radius 1 is 1.18 bits per heavy atom. The van der Waals surface area contributed by atoms with Gasteiger partial charge in [0.1, 0.15) is 11.5 Å². The van der Waals surface area contributed by atoms with Crippen molar-refractivity contribution in [2.45, 2.75) is 13.1 Å². The van der Waals surface area contributed by atoms with Gasteiger partial charge < -0.3 is 14.8 Å². The zero-order chi connectivity index (χ0) is 15.5. The van der Waals surface area contributed by atoms with Gasteiger partial charge in [0.2, 0.25) is 0 Å². The molecule has 22 heavy (non-hydrogen) atoms. The van der Waals surface area contributed by atoms with Gasteiger partial charge in [0, 0.05) is 25.0 Å². The molecule has 0 spiro atoms. The second-order valence-electron chi connectivity index (χ2n) is 4.89. The molecule has 0 aliphatic carbocycles. The zero-order valence-corrected chi connectivity index (χ0v) is 11.7. The minimum atomic E-state index is -0.665. The molecule has 1 aromatic heterocycles. The number of nitrogens with zero attached hydrogens (tertiary/aromatic N) is 3. The summed E-state index contributed by atoms with van der Waals surface area (Å²) in [6, 6.07) is 8.98. The van der Waals surface area contributed by atoms with Gasteiger partial charge in [-0.2, -0.15) is 0 Å². The summed E-state index contributed by atoms with van der Waals surface area (Å²) in [6.45, 7) is 1.36. The number of fused-ring (bicyclic) bond motifs is 1. The fraction of sp³-hybridized carbons (Fsp3) is 0.214. The number of anilines is 1. The van der Waals surface area contributed by atoms with Crippen molar-refractivity contribution in [1.29, 1.82) is 0 Å². The summed E-state index contributed by atoms with van der Waals surface area (Å²) < 4.78 is 1.80. The lowest BCUT2D eigenvalue weighted by Crippen LogP contribution is -2.40. The highest BCUT2D eigenvalue weighted by molar-refractivity contribution is 5.91. The van der Waals surface area contributed by atoms with E-state index < -0.39 is 5.91 Å². The van der Waals surface area contributed by atoms with E-state index in [4.69, 9.17) is 5.21 Å². The maximum Gasteiger partial charge on any atom is 0.322 e. The number of carbonyl (C=O) groups excluding carboxylic acids is 2. The van der Waals surface area contributed by atoms with E-state index in [0.717, 1.165) is 5.69 Å². The third-order valence-corrected chi connectivity index (χ3v) is 3.45. The number of para-hydroxylation sites is 1. The summed E-state index contributed by atoms with van der Waals surface area (Å²) in [7, 11) is 0. The largest absolute Gasteiger partial charge is 0.331 e. The first kappa shape index (κ1) is 14.1. The lowest BCUT2D eigenvalue weighted by Gasteiger charge is -2.27. The second-order valence-corrected chi connectivity index (χ2v) is 4.89. The van der Waals surface area contributed by atoms with Crippen LogP contribution in [-0.2, 0) is 13.1 Å². The Hall–Kier alpha value is -2.87. The lowest BCUT2D eigenvalue weighted by molar-refractivity contribution is 0.0701. The van der Waals surface area contributed by atoms with Crippen molar-refractivity contribution in [3.63, 3.8) is 0 Å². The van der Waals surface area contributed by atoms with Gasteiger partial charge >= 0.3 is 6.03 Å². The van der Waals surface area contributed by atoms with Crippen LogP contribution in [0.2, 0.25) is 0 Å². The quantitative estimate of drug-likeness (QED) is 0.570. The Morgan fingerprint density at radius 3 is 2.68 bits per heavy atom. The molecule has 1 aromatic carbocycles. The number of benzene rings is 1. The summed E-state index contributed by atoms with van der Waals surface area (Å²) >= 11 is 0. The molecular formula is C14H15N5O3. The average molecular weight is 301 g/mol. The Balaban J connectivity index is 1.70. The summed E-state index contributed by atoms with van der Waals surface area (Å²) in [5.41, 5.74) is 2.40. The number of carbonyl (C=O) groups is 2. The van der Waals surface area contributed by atoms with E-state index in [9.17, 15) is 9.59 Å². The molecule has 2 aromatic rings. The van der Waals surface area contributed by atoms with Gasteiger partial charge in [-0.1, -0.05) is 18.2 Å². The van der Waals surface area contributed by atoms with Crippen LogP contribution >= 0.6 is 0 Å². The highest BCUT2D eigenvalue weighted by Gasteiger charge is 2.24. The second kappa shape index (κ2) is 5.86. The topological polar surface area (TPSA) is 99.5 Å². The van der Waals surface area contributed by atoms with E-state index >= 15 is 0 Å². The molecule has 0 saturated heterocycles. The Labute approximate surface area is 126 Å². The van der Waals surface area contributed by atoms with Crippen LogP contribution in [0.25, 0.3) is 0 Å². The van der Waals surface area contributed by atoms with Crippen LogP contribution in [0.3, 0.4) is 0 Å². The van der Waals surface area contributed by atoms with Crippen molar-refractivity contribution in [2.75, 3.05) is 11.9 Å². The van der Waals surface area contributed by atoms with Gasteiger partial charge in [0.15, 0.2) is 0 Å². The highest BCUT2D eigenvalue weighted by Crippen LogP contribution is 2.15. The Morgan fingerprint density at radius 2 is 1.95 bits per heavy atom. The van der Waals surface area contributed by atoms with Gasteiger partial charge in [0.25, 0.3) is 5.91 Å². The first-order chi connectivity index (χ1) is 10.7. The molecule has 3 rings (SSSR count). The van der Waals surface area contributed by atoms with Gasteiger partial charge in [-0.05, 0) is 12.1 Å². The summed E-state index contributed by atoms with van der Waals surface area (Å²) in [4.78, 5) is 29.3. The van der Waals surface area contributed by atoms with Crippen LogP contribution in [0.15, 0.2) is 36.5 Å². The zero-order valence-electron chi connectivity index (χ0n) is 11.7. The number of hydrogen-bond acceptors (Lipinski definition) is 4. The minimum absolute atomic E-state index is 0.128. The molecule has 0 atom stereocenters. The molecule has 0 bridgehead atoms. The van der Waals surface area contributed by atoms with E-state index in [1.54, 1.807) is 21.1 Å². The summed E-state index contributed by atoms with van der Waals surface area (Å²) in [5, 5.41) is 11.4. The molecule has 1 aliphatic rings. The van der Waals surface area contributed by atoms with Gasteiger partial charge in [-0.25, -0.2) is 15.3 Å². The molecule has 3 amide bonds. The molecular weight excluding hydrogens is 286 g/mol. The molecule has 2 heterocycles. The maximum absolute atomic E-state index is 12.2. The highest BCUT2D eigenvalue weighted by atomic mass is 16.5. The van der Waals surface area contributed by atoms with Crippen molar-refractivity contribution < 1.29 is 14.8 Å². The average Bonchev–Trinajstić information content (AvgIpc) is 2.98. The molecule has 1 aliphatic heterocycles. The standard InChI is InChI=1S/C14H15N5O3/c20-13(17-22)11-8-18-6-7-19(9-12(18)16-11)14(21)15-10-4-2-1-3-5-10/h1-5,8,22H,6-7,9H2,(H,15,21)(H,17,20). The molecule has 0 saturated carbocycles. The van der Waals surface area contributed by atoms with Crippen molar-refractivity contribution in [1.82, 2.24) is 19.9 Å². The molecule has 8 nitrogen and oxygen atoms in total. The summed E-state index contributed by atoms with van der Waals surface area (Å²) in [5.74, 6) is -0.0600. The third kappa shape index (κ3) is 2.77. The van der Waals surface area contributed by atoms with Gasteiger partial charge in [-0.3, -0.25) is 10.0 Å². The fourth-order valence-corrected chi connectivity index (χ4v) is 2.32. The number of imidazole rings is 1. The number of rotatable bonds is 2. The van der Waals surface area contributed by atoms with E-state index in [1.165, 1.54) is 0 Å². The van der Waals surface area contributed by atoms with Crippen molar-refractivity contribution in [3.8, 4) is 0 Å². The Kier molecular flexibility index (Phi) is 3.75. The van der Waals surface area contributed by atoms with Crippen molar-refractivity contribution >= 4 is 17.6 Å². The number of aromatic nitrogens is 2. The van der Waals surface area contributed by atoms with Gasteiger partial charge in [0.05, 0.1) is 6.54 Å². The van der Waals surface area contributed by atoms with E-state index in [0.29, 0.717) is 25.5 Å². The Bertz CT molecular complexity index is 698.